The Hall–Kier alpha value is -1.51. The third-order valence-electron chi connectivity index (χ3n) is 3.41. The molecule has 3 heteroatoms. The van der Waals surface area contributed by atoms with E-state index in [1.165, 1.54) is 11.1 Å². The molecule has 0 fully saturated rings. The Balaban J connectivity index is 2.40. The van der Waals surface area contributed by atoms with Gasteiger partial charge in [-0.25, -0.2) is 0 Å². The van der Waals surface area contributed by atoms with Crippen molar-refractivity contribution >= 4 is 23.0 Å². The van der Waals surface area contributed by atoms with Gasteiger partial charge in [-0.05, 0) is 61.7 Å². The van der Waals surface area contributed by atoms with Gasteiger partial charge in [0.05, 0.1) is 16.8 Å². The SMILES string of the molecule is Cc1cc(C)cc(N(C)c2ccc([C@H](C)O)cc2Cl)c1. The zero-order valence-electron chi connectivity index (χ0n) is 12.3. The van der Waals surface area contributed by atoms with Crippen LogP contribution in [0.4, 0.5) is 11.4 Å². The zero-order chi connectivity index (χ0) is 14.9. The fourth-order valence-corrected chi connectivity index (χ4v) is 2.65. The molecular formula is C17H20ClNO. The molecule has 106 valence electrons. The second-order valence-corrected chi connectivity index (χ2v) is 5.70. The molecule has 0 bridgehead atoms. The van der Waals surface area contributed by atoms with E-state index in [0.717, 1.165) is 16.9 Å². The maximum Gasteiger partial charge on any atom is 0.0762 e. The van der Waals surface area contributed by atoms with E-state index in [9.17, 15) is 5.11 Å². The summed E-state index contributed by atoms with van der Waals surface area (Å²) < 4.78 is 0. The van der Waals surface area contributed by atoms with E-state index in [1.54, 1.807) is 6.92 Å². The number of aryl methyl sites for hydroxylation is 2. The number of aliphatic hydroxyl groups excluding tert-OH is 1. The van der Waals surface area contributed by atoms with Crippen LogP contribution >= 0.6 is 11.6 Å². The van der Waals surface area contributed by atoms with Crippen molar-refractivity contribution in [2.45, 2.75) is 26.9 Å². The van der Waals surface area contributed by atoms with Crippen molar-refractivity contribution in [2.24, 2.45) is 0 Å². The molecule has 0 saturated carbocycles. The number of hydrogen-bond donors (Lipinski definition) is 1. The Bertz CT molecular complexity index is 602. The van der Waals surface area contributed by atoms with Crippen LogP contribution in [0.1, 0.15) is 29.7 Å². The highest BCUT2D eigenvalue weighted by atomic mass is 35.5. The molecule has 1 atom stereocenters. The Morgan fingerprint density at radius 3 is 2.15 bits per heavy atom. The van der Waals surface area contributed by atoms with Gasteiger partial charge in [0.15, 0.2) is 0 Å². The summed E-state index contributed by atoms with van der Waals surface area (Å²) in [6.07, 6.45) is -0.506. The summed E-state index contributed by atoms with van der Waals surface area (Å²) in [6.45, 7) is 5.91. The first-order valence-electron chi connectivity index (χ1n) is 6.68. The van der Waals surface area contributed by atoms with Crippen molar-refractivity contribution in [3.05, 3.63) is 58.1 Å². The summed E-state index contributed by atoms with van der Waals surface area (Å²) in [5, 5.41) is 10.2. The molecule has 0 aliphatic heterocycles. The fourth-order valence-electron chi connectivity index (χ4n) is 2.34. The lowest BCUT2D eigenvalue weighted by Crippen LogP contribution is -2.10. The van der Waals surface area contributed by atoms with Gasteiger partial charge >= 0.3 is 0 Å². The monoisotopic (exact) mass is 289 g/mol. The number of rotatable bonds is 3. The number of anilines is 2. The van der Waals surface area contributed by atoms with E-state index in [2.05, 4.69) is 36.9 Å². The van der Waals surface area contributed by atoms with Gasteiger partial charge in [-0.2, -0.15) is 0 Å². The molecular weight excluding hydrogens is 270 g/mol. The van der Waals surface area contributed by atoms with Crippen LogP contribution in [-0.2, 0) is 0 Å². The Labute approximate surface area is 125 Å². The highest BCUT2D eigenvalue weighted by Crippen LogP contribution is 2.33. The molecule has 0 aromatic heterocycles. The molecule has 20 heavy (non-hydrogen) atoms. The normalized spacial score (nSPS) is 12.3. The predicted octanol–water partition coefficient (Wildman–Crippen LogP) is 4.78. The number of aliphatic hydroxyl groups is 1. The van der Waals surface area contributed by atoms with E-state index in [0.29, 0.717) is 5.02 Å². The third kappa shape index (κ3) is 3.14. The summed E-state index contributed by atoms with van der Waals surface area (Å²) in [5.74, 6) is 0. The molecule has 2 nitrogen and oxygen atoms in total. The van der Waals surface area contributed by atoms with Gasteiger partial charge in [0.1, 0.15) is 0 Å². The minimum Gasteiger partial charge on any atom is -0.389 e. The Morgan fingerprint density at radius 2 is 1.65 bits per heavy atom. The lowest BCUT2D eigenvalue weighted by molar-refractivity contribution is 0.199. The van der Waals surface area contributed by atoms with Crippen molar-refractivity contribution in [1.29, 1.82) is 0 Å². The molecule has 2 aromatic carbocycles. The van der Waals surface area contributed by atoms with Gasteiger partial charge in [-0.1, -0.05) is 23.7 Å². The first kappa shape index (κ1) is 14.9. The minimum absolute atomic E-state index is 0.506. The molecule has 0 unspecified atom stereocenters. The molecule has 0 saturated heterocycles. The van der Waals surface area contributed by atoms with Crippen LogP contribution in [0.15, 0.2) is 36.4 Å². The molecule has 2 aromatic rings. The Kier molecular flexibility index (Phi) is 4.36. The zero-order valence-corrected chi connectivity index (χ0v) is 13.1. The summed E-state index contributed by atoms with van der Waals surface area (Å²) in [6, 6.07) is 12.1. The molecule has 0 radical (unpaired) electrons. The molecule has 2 rings (SSSR count). The first-order valence-corrected chi connectivity index (χ1v) is 7.06. The molecule has 0 heterocycles. The molecule has 0 spiro atoms. The Morgan fingerprint density at radius 1 is 1.05 bits per heavy atom. The van der Waals surface area contributed by atoms with Crippen molar-refractivity contribution in [3.8, 4) is 0 Å². The second-order valence-electron chi connectivity index (χ2n) is 5.29. The van der Waals surface area contributed by atoms with Crippen LogP contribution < -0.4 is 4.90 Å². The average molecular weight is 290 g/mol. The second kappa shape index (κ2) is 5.86. The van der Waals surface area contributed by atoms with Crippen LogP contribution in [0, 0.1) is 13.8 Å². The van der Waals surface area contributed by atoms with Crippen molar-refractivity contribution in [1.82, 2.24) is 0 Å². The van der Waals surface area contributed by atoms with Crippen LogP contribution in [0.3, 0.4) is 0 Å². The quantitative estimate of drug-likeness (QED) is 0.879. The summed E-state index contributed by atoms with van der Waals surface area (Å²) in [4.78, 5) is 2.06. The molecule has 0 aliphatic rings. The highest BCUT2D eigenvalue weighted by Gasteiger charge is 2.11. The van der Waals surface area contributed by atoms with Crippen molar-refractivity contribution < 1.29 is 5.11 Å². The summed E-state index contributed by atoms with van der Waals surface area (Å²) >= 11 is 6.35. The lowest BCUT2D eigenvalue weighted by atomic mass is 10.1. The summed E-state index contributed by atoms with van der Waals surface area (Å²) in [7, 11) is 2.00. The van der Waals surface area contributed by atoms with E-state index in [1.807, 2.05) is 25.2 Å². The van der Waals surface area contributed by atoms with E-state index in [-0.39, 0.29) is 0 Å². The number of halogens is 1. The fraction of sp³-hybridized carbons (Fsp3) is 0.294. The molecule has 0 amide bonds. The number of nitrogens with zero attached hydrogens (tertiary/aromatic N) is 1. The van der Waals surface area contributed by atoms with Gasteiger partial charge in [0.2, 0.25) is 0 Å². The van der Waals surface area contributed by atoms with Gasteiger partial charge < -0.3 is 10.0 Å². The summed E-state index contributed by atoms with van der Waals surface area (Å²) in [5.41, 5.74) is 5.31. The predicted molar refractivity (Wildman–Crippen MR) is 86.1 cm³/mol. The maximum absolute atomic E-state index is 9.60. The van der Waals surface area contributed by atoms with E-state index < -0.39 is 6.10 Å². The number of hydrogen-bond acceptors (Lipinski definition) is 2. The standard InChI is InChI=1S/C17H20ClNO/c1-11-7-12(2)9-15(8-11)19(4)17-6-5-14(13(3)20)10-16(17)18/h5-10,13,20H,1-4H3/t13-/m0/s1. The third-order valence-corrected chi connectivity index (χ3v) is 3.71. The molecule has 1 N–H and O–H groups in total. The smallest absolute Gasteiger partial charge is 0.0762 e. The van der Waals surface area contributed by atoms with Crippen LogP contribution in [0.25, 0.3) is 0 Å². The highest BCUT2D eigenvalue weighted by molar-refractivity contribution is 6.33. The largest absolute Gasteiger partial charge is 0.389 e. The van der Waals surface area contributed by atoms with Crippen LogP contribution in [-0.4, -0.2) is 12.2 Å². The number of benzene rings is 2. The maximum atomic E-state index is 9.60. The van der Waals surface area contributed by atoms with Gasteiger partial charge in [0, 0.05) is 12.7 Å². The van der Waals surface area contributed by atoms with Gasteiger partial charge in [-0.3, -0.25) is 0 Å². The van der Waals surface area contributed by atoms with E-state index in [4.69, 9.17) is 11.6 Å². The van der Waals surface area contributed by atoms with Crippen molar-refractivity contribution in [2.75, 3.05) is 11.9 Å². The van der Waals surface area contributed by atoms with Crippen molar-refractivity contribution in [3.63, 3.8) is 0 Å². The van der Waals surface area contributed by atoms with Gasteiger partial charge in [-0.15, -0.1) is 0 Å². The topological polar surface area (TPSA) is 23.5 Å². The average Bonchev–Trinajstić information content (AvgIpc) is 2.36. The molecule has 0 aliphatic carbocycles. The van der Waals surface area contributed by atoms with Gasteiger partial charge in [0.25, 0.3) is 0 Å². The minimum atomic E-state index is -0.506. The van der Waals surface area contributed by atoms with Crippen LogP contribution in [0.5, 0.6) is 0 Å². The lowest BCUT2D eigenvalue weighted by Gasteiger charge is -2.22. The van der Waals surface area contributed by atoms with Crippen LogP contribution in [0.2, 0.25) is 5.02 Å². The van der Waals surface area contributed by atoms with E-state index >= 15 is 0 Å². The first-order chi connectivity index (χ1) is 9.38.